The molecule has 2 aliphatic rings. The maximum Gasteiger partial charge on any atom is 0.336 e. The Bertz CT molecular complexity index is 1060. The number of esters is 2. The minimum atomic E-state index is -0.978. The number of hydrogen-bond acceptors (Lipinski definition) is 9. The van der Waals surface area contributed by atoms with Crippen LogP contribution < -0.4 is 14.8 Å². The van der Waals surface area contributed by atoms with Crippen molar-refractivity contribution in [2.45, 2.75) is 33.1 Å². The minimum Gasteiger partial charge on any atom is -0.497 e. The molecule has 1 aliphatic carbocycles. The molecule has 1 N–H and O–H groups in total. The molecule has 0 radical (unpaired) electrons. The summed E-state index contributed by atoms with van der Waals surface area (Å²) in [6, 6.07) is 5.19. The number of methoxy groups -OCH3 is 3. The fourth-order valence-corrected chi connectivity index (χ4v) is 4.74. The third kappa shape index (κ3) is 5.19. The number of dihydropyridines is 1. The first-order valence-corrected chi connectivity index (χ1v) is 11.6. The lowest BCUT2D eigenvalue weighted by Gasteiger charge is -2.38. The van der Waals surface area contributed by atoms with E-state index in [1.165, 1.54) is 21.3 Å². The fourth-order valence-electron chi connectivity index (χ4n) is 4.74. The lowest BCUT2D eigenvalue weighted by Crippen LogP contribution is -2.43. The molecule has 9 heteroatoms. The van der Waals surface area contributed by atoms with Crippen molar-refractivity contribution < 1.29 is 38.1 Å². The smallest absolute Gasteiger partial charge is 0.336 e. The highest BCUT2D eigenvalue weighted by molar-refractivity contribution is 6.12. The maximum absolute atomic E-state index is 13.8. The van der Waals surface area contributed by atoms with Gasteiger partial charge in [0.05, 0.1) is 39.4 Å². The minimum absolute atomic E-state index is 0.0626. The number of hydrogen-bond donors (Lipinski definition) is 1. The molecule has 190 valence electrons. The van der Waals surface area contributed by atoms with Gasteiger partial charge in [-0.15, -0.1) is 0 Å². The summed E-state index contributed by atoms with van der Waals surface area (Å²) in [6.45, 7) is 6.28. The number of allylic oxidation sites excluding steroid dienone is 3. The second kappa shape index (κ2) is 11.4. The van der Waals surface area contributed by atoms with Crippen LogP contribution in [-0.2, 0) is 28.6 Å². The zero-order chi connectivity index (χ0) is 25.7. The van der Waals surface area contributed by atoms with Crippen molar-refractivity contribution in [2.75, 3.05) is 41.2 Å². The Morgan fingerprint density at radius 3 is 2.49 bits per heavy atom. The monoisotopic (exact) mass is 487 g/mol. The van der Waals surface area contributed by atoms with Crippen LogP contribution in [0, 0.1) is 11.8 Å². The fraction of sp³-hybridized carbons (Fsp3) is 0.500. The van der Waals surface area contributed by atoms with Gasteiger partial charge in [0.15, 0.2) is 5.78 Å². The molecular formula is C26H33NO8. The van der Waals surface area contributed by atoms with E-state index in [2.05, 4.69) is 5.32 Å². The second-order valence-corrected chi connectivity index (χ2v) is 8.48. The highest BCUT2D eigenvalue weighted by Gasteiger charge is 2.48. The molecule has 0 spiro atoms. The van der Waals surface area contributed by atoms with E-state index in [1.54, 1.807) is 25.1 Å². The van der Waals surface area contributed by atoms with Gasteiger partial charge in [-0.25, -0.2) is 4.79 Å². The van der Waals surface area contributed by atoms with Crippen LogP contribution in [0.25, 0.3) is 0 Å². The van der Waals surface area contributed by atoms with E-state index in [0.717, 1.165) is 0 Å². The average molecular weight is 488 g/mol. The molecule has 0 amide bonds. The van der Waals surface area contributed by atoms with Gasteiger partial charge in [0.2, 0.25) is 0 Å². The Balaban J connectivity index is 2.17. The van der Waals surface area contributed by atoms with Crippen LogP contribution >= 0.6 is 0 Å². The van der Waals surface area contributed by atoms with Crippen molar-refractivity contribution in [3.8, 4) is 11.5 Å². The summed E-state index contributed by atoms with van der Waals surface area (Å²) in [5.74, 6) is -2.66. The van der Waals surface area contributed by atoms with Crippen molar-refractivity contribution in [3.05, 3.63) is 46.3 Å². The van der Waals surface area contributed by atoms with Crippen LogP contribution in [0.5, 0.6) is 11.5 Å². The number of Topliss-reactive ketones (excluding diaryl/α,β-unsaturated/α-hetero) is 1. The number of ether oxygens (including phenoxy) is 5. The number of ketones is 1. The maximum atomic E-state index is 13.8. The SMILES string of the molecule is CCOCCOC(=O)C1=C(C)NC2=C(C(=O)[C@@H](C(=O)OC)[C@@H](C)C2)[C@@H]1c1cc(OC)ccc1OC. The zero-order valence-electron chi connectivity index (χ0n) is 21.1. The molecular weight excluding hydrogens is 454 g/mol. The summed E-state index contributed by atoms with van der Waals surface area (Å²) in [6.07, 6.45) is 0.438. The summed E-state index contributed by atoms with van der Waals surface area (Å²) in [7, 11) is 4.31. The molecule has 0 saturated carbocycles. The average Bonchev–Trinajstić information content (AvgIpc) is 2.84. The third-order valence-electron chi connectivity index (χ3n) is 6.38. The molecule has 0 unspecified atom stereocenters. The molecule has 1 aromatic carbocycles. The van der Waals surface area contributed by atoms with Crippen LogP contribution in [0.15, 0.2) is 40.7 Å². The highest BCUT2D eigenvalue weighted by Crippen LogP contribution is 2.48. The number of benzene rings is 1. The van der Waals surface area contributed by atoms with Gasteiger partial charge in [0, 0.05) is 29.1 Å². The molecule has 1 aliphatic heterocycles. The standard InChI is InChI=1S/C26H33NO8/c1-7-34-10-11-35-26(30)21-15(3)27-18-12-14(2)20(25(29)33-6)24(28)23(18)22(21)17-13-16(31-4)8-9-19(17)32-5/h8-9,13-14,20,22,27H,7,10-12H2,1-6H3/t14-,20-,22+/m0/s1. The quantitative estimate of drug-likeness (QED) is 0.319. The molecule has 0 bridgehead atoms. The molecule has 9 nitrogen and oxygen atoms in total. The summed E-state index contributed by atoms with van der Waals surface area (Å²) in [5.41, 5.74) is 2.38. The van der Waals surface area contributed by atoms with Crippen molar-refractivity contribution >= 4 is 17.7 Å². The predicted octanol–water partition coefficient (Wildman–Crippen LogP) is 2.90. The van der Waals surface area contributed by atoms with Gasteiger partial charge in [-0.3, -0.25) is 9.59 Å². The lowest BCUT2D eigenvalue weighted by molar-refractivity contribution is -0.151. The molecule has 35 heavy (non-hydrogen) atoms. The predicted molar refractivity (Wildman–Crippen MR) is 127 cm³/mol. The Morgan fingerprint density at radius 2 is 1.86 bits per heavy atom. The zero-order valence-corrected chi connectivity index (χ0v) is 21.1. The van der Waals surface area contributed by atoms with Crippen molar-refractivity contribution in [3.63, 3.8) is 0 Å². The van der Waals surface area contributed by atoms with E-state index in [-0.39, 0.29) is 30.5 Å². The van der Waals surface area contributed by atoms with E-state index < -0.39 is 23.8 Å². The topological polar surface area (TPSA) is 109 Å². The van der Waals surface area contributed by atoms with E-state index in [0.29, 0.717) is 47.1 Å². The van der Waals surface area contributed by atoms with E-state index in [4.69, 9.17) is 23.7 Å². The molecule has 0 saturated heterocycles. The van der Waals surface area contributed by atoms with Gasteiger partial charge in [0.25, 0.3) is 0 Å². The first-order chi connectivity index (χ1) is 16.8. The molecule has 1 aromatic rings. The largest absolute Gasteiger partial charge is 0.497 e. The van der Waals surface area contributed by atoms with Gasteiger partial charge in [-0.1, -0.05) is 6.92 Å². The van der Waals surface area contributed by atoms with Crippen molar-refractivity contribution in [1.29, 1.82) is 0 Å². The van der Waals surface area contributed by atoms with E-state index in [1.807, 2.05) is 13.8 Å². The van der Waals surface area contributed by atoms with Crippen molar-refractivity contribution in [2.24, 2.45) is 11.8 Å². The van der Waals surface area contributed by atoms with E-state index >= 15 is 0 Å². The summed E-state index contributed by atoms with van der Waals surface area (Å²) < 4.78 is 26.8. The molecule has 3 atom stereocenters. The molecule has 0 aromatic heterocycles. The lowest BCUT2D eigenvalue weighted by atomic mass is 9.69. The van der Waals surface area contributed by atoms with Crippen LogP contribution in [-0.4, -0.2) is 58.9 Å². The summed E-state index contributed by atoms with van der Waals surface area (Å²) in [5, 5.41) is 3.24. The first kappa shape index (κ1) is 26.3. The van der Waals surface area contributed by atoms with Gasteiger partial charge >= 0.3 is 11.9 Å². The van der Waals surface area contributed by atoms with Crippen LogP contribution in [0.1, 0.15) is 38.7 Å². The molecule has 0 fully saturated rings. The Morgan fingerprint density at radius 1 is 1.11 bits per heavy atom. The van der Waals surface area contributed by atoms with E-state index in [9.17, 15) is 14.4 Å². The highest BCUT2D eigenvalue weighted by atomic mass is 16.6. The number of nitrogens with one attached hydrogen (secondary N) is 1. The summed E-state index contributed by atoms with van der Waals surface area (Å²) in [4.78, 5) is 39.7. The summed E-state index contributed by atoms with van der Waals surface area (Å²) >= 11 is 0. The number of rotatable bonds is 9. The van der Waals surface area contributed by atoms with Crippen LogP contribution in [0.3, 0.4) is 0 Å². The molecule has 3 rings (SSSR count). The van der Waals surface area contributed by atoms with Gasteiger partial charge < -0.3 is 29.0 Å². The van der Waals surface area contributed by atoms with Crippen molar-refractivity contribution in [1.82, 2.24) is 5.32 Å². The number of carbonyl (C=O) groups is 3. The molecule has 1 heterocycles. The van der Waals surface area contributed by atoms with Crippen LogP contribution in [0.2, 0.25) is 0 Å². The van der Waals surface area contributed by atoms with Gasteiger partial charge in [-0.2, -0.15) is 0 Å². The Hall–Kier alpha value is -3.33. The Labute approximate surface area is 205 Å². The number of carbonyl (C=O) groups excluding carboxylic acids is 3. The van der Waals surface area contributed by atoms with Gasteiger partial charge in [0.1, 0.15) is 24.0 Å². The normalized spacial score (nSPS) is 21.8. The van der Waals surface area contributed by atoms with Gasteiger partial charge in [-0.05, 0) is 44.4 Å². The Kier molecular flexibility index (Phi) is 8.56. The first-order valence-electron chi connectivity index (χ1n) is 11.6. The third-order valence-corrected chi connectivity index (χ3v) is 6.38. The second-order valence-electron chi connectivity index (χ2n) is 8.48. The van der Waals surface area contributed by atoms with Crippen LogP contribution in [0.4, 0.5) is 0 Å².